The molecule has 2 rings (SSSR count). The summed E-state index contributed by atoms with van der Waals surface area (Å²) in [7, 11) is 0. The minimum atomic E-state index is -0.467. The van der Waals surface area contributed by atoms with Crippen molar-refractivity contribution in [1.82, 2.24) is 9.55 Å². The van der Waals surface area contributed by atoms with E-state index in [4.69, 9.17) is 16.9 Å². The summed E-state index contributed by atoms with van der Waals surface area (Å²) in [5.74, 6) is -0.0292. The van der Waals surface area contributed by atoms with Gasteiger partial charge in [-0.3, -0.25) is 9.36 Å². The molecule has 0 unspecified atom stereocenters. The van der Waals surface area contributed by atoms with Crippen LogP contribution in [0.3, 0.4) is 0 Å². The molecule has 2 aromatic rings. The van der Waals surface area contributed by atoms with E-state index >= 15 is 0 Å². The smallest absolute Gasteiger partial charge is 0.255 e. The van der Waals surface area contributed by atoms with Gasteiger partial charge in [0.2, 0.25) is 0 Å². The first-order valence-corrected chi connectivity index (χ1v) is 6.76. The molecular weight excluding hydrogens is 293 g/mol. The molecule has 0 aliphatic heterocycles. The van der Waals surface area contributed by atoms with E-state index in [0.29, 0.717) is 11.4 Å². The van der Waals surface area contributed by atoms with Crippen LogP contribution in [0.1, 0.15) is 36.7 Å². The fourth-order valence-corrected chi connectivity index (χ4v) is 2.21. The van der Waals surface area contributed by atoms with Crippen LogP contribution in [0.4, 0.5) is 4.39 Å². The zero-order valence-corrected chi connectivity index (χ0v) is 12.4. The van der Waals surface area contributed by atoms with Gasteiger partial charge in [0.05, 0.1) is 18.2 Å². The van der Waals surface area contributed by atoms with E-state index in [9.17, 15) is 9.18 Å². The molecule has 0 bridgehead atoms. The molecule has 0 amide bonds. The van der Waals surface area contributed by atoms with Crippen molar-refractivity contribution in [3.05, 3.63) is 62.5 Å². The topological polar surface area (TPSA) is 58.7 Å². The largest absolute Gasteiger partial charge is 0.292 e. The monoisotopic (exact) mass is 305 g/mol. The van der Waals surface area contributed by atoms with Crippen molar-refractivity contribution in [2.45, 2.75) is 26.3 Å². The number of nitriles is 1. The molecule has 1 heterocycles. The third kappa shape index (κ3) is 3.29. The van der Waals surface area contributed by atoms with E-state index in [1.807, 2.05) is 19.9 Å². The minimum Gasteiger partial charge on any atom is -0.292 e. The Morgan fingerprint density at radius 1 is 1.43 bits per heavy atom. The molecule has 0 N–H and O–H groups in total. The Morgan fingerprint density at radius 3 is 2.76 bits per heavy atom. The second-order valence-electron chi connectivity index (χ2n) is 4.93. The number of hydrogen-bond donors (Lipinski definition) is 0. The lowest BCUT2D eigenvalue weighted by molar-refractivity contribution is 0.574. The van der Waals surface area contributed by atoms with Crippen molar-refractivity contribution < 1.29 is 4.39 Å². The maximum atomic E-state index is 13.9. The number of aromatic nitrogens is 2. The lowest BCUT2D eigenvalue weighted by atomic mass is 10.1. The van der Waals surface area contributed by atoms with Gasteiger partial charge >= 0.3 is 0 Å². The first-order valence-electron chi connectivity index (χ1n) is 6.38. The van der Waals surface area contributed by atoms with Crippen LogP contribution in [-0.2, 0) is 6.54 Å². The minimum absolute atomic E-state index is 0.0118. The van der Waals surface area contributed by atoms with Gasteiger partial charge in [0.1, 0.15) is 16.8 Å². The lowest BCUT2D eigenvalue weighted by Gasteiger charge is -2.15. The van der Waals surface area contributed by atoms with Crippen LogP contribution in [-0.4, -0.2) is 9.55 Å². The van der Waals surface area contributed by atoms with Gasteiger partial charge in [-0.25, -0.2) is 9.37 Å². The third-order valence-electron chi connectivity index (χ3n) is 3.03. The highest BCUT2D eigenvalue weighted by Gasteiger charge is 2.14. The van der Waals surface area contributed by atoms with Crippen molar-refractivity contribution in [2.24, 2.45) is 0 Å². The van der Waals surface area contributed by atoms with Crippen LogP contribution in [0.5, 0.6) is 0 Å². The van der Waals surface area contributed by atoms with Crippen molar-refractivity contribution >= 4 is 11.6 Å². The molecular formula is C15H13ClFN3O. The molecule has 0 saturated heterocycles. The van der Waals surface area contributed by atoms with Gasteiger partial charge in [0.15, 0.2) is 0 Å². The van der Waals surface area contributed by atoms with Crippen LogP contribution in [0.25, 0.3) is 0 Å². The maximum Gasteiger partial charge on any atom is 0.255 e. The van der Waals surface area contributed by atoms with Gasteiger partial charge in [-0.2, -0.15) is 5.26 Å². The number of hydrogen-bond acceptors (Lipinski definition) is 3. The molecule has 0 fully saturated rings. The van der Waals surface area contributed by atoms with E-state index < -0.39 is 5.82 Å². The lowest BCUT2D eigenvalue weighted by Crippen LogP contribution is -2.26. The predicted octanol–water partition coefficient (Wildman–Crippen LogP) is 3.08. The summed E-state index contributed by atoms with van der Waals surface area (Å²) in [6.45, 7) is 3.76. The Bertz CT molecular complexity index is 777. The summed E-state index contributed by atoms with van der Waals surface area (Å²) < 4.78 is 15.2. The summed E-state index contributed by atoms with van der Waals surface area (Å²) in [4.78, 5) is 16.2. The second kappa shape index (κ2) is 6.06. The first-order chi connectivity index (χ1) is 9.92. The molecule has 0 spiro atoms. The summed E-state index contributed by atoms with van der Waals surface area (Å²) in [6.07, 6.45) is 0. The Hall–Kier alpha value is -2.19. The number of benzene rings is 1. The van der Waals surface area contributed by atoms with Crippen LogP contribution in [0.2, 0.25) is 5.15 Å². The van der Waals surface area contributed by atoms with Crippen molar-refractivity contribution in [1.29, 1.82) is 5.26 Å². The van der Waals surface area contributed by atoms with Gasteiger partial charge in [-0.1, -0.05) is 25.4 Å². The van der Waals surface area contributed by atoms with Crippen molar-refractivity contribution in [3.63, 3.8) is 0 Å². The third-order valence-corrected chi connectivity index (χ3v) is 3.22. The van der Waals surface area contributed by atoms with Gasteiger partial charge in [-0.05, 0) is 18.2 Å². The molecule has 108 valence electrons. The predicted molar refractivity (Wildman–Crippen MR) is 77.8 cm³/mol. The summed E-state index contributed by atoms with van der Waals surface area (Å²) >= 11 is 5.81. The van der Waals surface area contributed by atoms with E-state index in [1.54, 1.807) is 0 Å². The van der Waals surface area contributed by atoms with Crippen LogP contribution in [0.15, 0.2) is 29.1 Å². The SMILES string of the molecule is CC(C)c1nc(Cl)cc(=O)n1Cc1cc(C#N)ccc1F. The first kappa shape index (κ1) is 15.2. The van der Waals surface area contributed by atoms with Crippen LogP contribution < -0.4 is 5.56 Å². The molecule has 21 heavy (non-hydrogen) atoms. The van der Waals surface area contributed by atoms with E-state index in [0.717, 1.165) is 0 Å². The molecule has 6 heteroatoms. The molecule has 0 aliphatic rings. The van der Waals surface area contributed by atoms with Crippen LogP contribution >= 0.6 is 11.6 Å². The quantitative estimate of drug-likeness (QED) is 0.819. The Morgan fingerprint density at radius 2 is 2.14 bits per heavy atom. The number of halogens is 2. The van der Waals surface area contributed by atoms with E-state index in [2.05, 4.69) is 4.98 Å². The number of rotatable bonds is 3. The van der Waals surface area contributed by atoms with Gasteiger partial charge in [-0.15, -0.1) is 0 Å². The number of nitrogens with zero attached hydrogens (tertiary/aromatic N) is 3. The Kier molecular flexibility index (Phi) is 4.39. The standard InChI is InChI=1S/C15H13ClFN3O/c1-9(2)15-19-13(16)6-14(21)20(15)8-11-5-10(7-18)3-4-12(11)17/h3-6,9H,8H2,1-2H3. The molecule has 0 aliphatic carbocycles. The highest BCUT2D eigenvalue weighted by atomic mass is 35.5. The highest BCUT2D eigenvalue weighted by Crippen LogP contribution is 2.16. The Balaban J connectivity index is 2.54. The summed E-state index contributed by atoms with van der Waals surface area (Å²) in [5.41, 5.74) is 0.259. The molecule has 1 aromatic carbocycles. The van der Waals surface area contributed by atoms with Crippen molar-refractivity contribution in [3.8, 4) is 6.07 Å². The maximum absolute atomic E-state index is 13.9. The molecule has 0 saturated carbocycles. The van der Waals surface area contributed by atoms with E-state index in [1.165, 1.54) is 28.8 Å². The van der Waals surface area contributed by atoms with Gasteiger partial charge in [0, 0.05) is 17.5 Å². The zero-order chi connectivity index (χ0) is 15.6. The average Bonchev–Trinajstić information content (AvgIpc) is 2.43. The fraction of sp³-hybridized carbons (Fsp3) is 0.267. The Labute approximate surface area is 126 Å². The van der Waals surface area contributed by atoms with Crippen LogP contribution in [0, 0.1) is 17.1 Å². The molecule has 0 radical (unpaired) electrons. The van der Waals surface area contributed by atoms with E-state index in [-0.39, 0.29) is 28.7 Å². The van der Waals surface area contributed by atoms with Gasteiger partial charge < -0.3 is 0 Å². The summed E-state index contributed by atoms with van der Waals surface area (Å²) in [6, 6.07) is 7.19. The van der Waals surface area contributed by atoms with Gasteiger partial charge in [0.25, 0.3) is 5.56 Å². The second-order valence-corrected chi connectivity index (χ2v) is 5.32. The highest BCUT2D eigenvalue weighted by molar-refractivity contribution is 6.29. The fourth-order valence-electron chi connectivity index (χ4n) is 2.03. The zero-order valence-electron chi connectivity index (χ0n) is 11.6. The summed E-state index contributed by atoms with van der Waals surface area (Å²) in [5, 5.41) is 9.00. The van der Waals surface area contributed by atoms with Crippen molar-refractivity contribution in [2.75, 3.05) is 0 Å². The average molecular weight is 306 g/mol. The molecule has 1 aromatic heterocycles. The normalized spacial score (nSPS) is 10.7. The molecule has 0 atom stereocenters. The molecule has 4 nitrogen and oxygen atoms in total.